The van der Waals surface area contributed by atoms with Gasteiger partial charge in [0.15, 0.2) is 0 Å². The first kappa shape index (κ1) is 14.6. The van der Waals surface area contributed by atoms with Crippen molar-refractivity contribution in [2.24, 2.45) is 0 Å². The number of nitrogen functional groups attached to an aromatic ring is 1. The summed E-state index contributed by atoms with van der Waals surface area (Å²) in [4.78, 5) is -0.322. The molecule has 0 aliphatic heterocycles. The van der Waals surface area contributed by atoms with E-state index in [1.807, 2.05) is 0 Å². The van der Waals surface area contributed by atoms with Crippen LogP contribution >= 0.6 is 11.6 Å². The van der Waals surface area contributed by atoms with Crippen molar-refractivity contribution in [3.05, 3.63) is 52.8 Å². The first-order chi connectivity index (χ1) is 9.31. The van der Waals surface area contributed by atoms with Gasteiger partial charge in [-0.15, -0.1) is 0 Å². The van der Waals surface area contributed by atoms with Crippen LogP contribution in [0.1, 0.15) is 5.56 Å². The Morgan fingerprint density at radius 2 is 1.95 bits per heavy atom. The number of rotatable bonds is 3. The maximum Gasteiger partial charge on any atom is 0.264 e. The van der Waals surface area contributed by atoms with E-state index in [4.69, 9.17) is 17.3 Å². The molecule has 0 aliphatic rings. The van der Waals surface area contributed by atoms with Gasteiger partial charge in [0, 0.05) is 0 Å². The normalized spacial score (nSPS) is 11.3. The standard InChI is InChI=1S/C13H12ClFN2O2S/c1-8-3-2-4-10(14)13(8)17-20(18,19)12-7-9(15)5-6-11(12)16/h2-7,17H,16H2,1H3. The van der Waals surface area contributed by atoms with Crippen LogP contribution in [0, 0.1) is 12.7 Å². The molecular weight excluding hydrogens is 303 g/mol. The van der Waals surface area contributed by atoms with E-state index in [-0.39, 0.29) is 21.3 Å². The summed E-state index contributed by atoms with van der Waals surface area (Å²) in [6.07, 6.45) is 0. The minimum atomic E-state index is -4.01. The van der Waals surface area contributed by atoms with Crippen molar-refractivity contribution in [2.45, 2.75) is 11.8 Å². The molecule has 20 heavy (non-hydrogen) atoms. The second-order valence-electron chi connectivity index (χ2n) is 4.22. The first-order valence-electron chi connectivity index (χ1n) is 5.64. The van der Waals surface area contributed by atoms with Crippen LogP contribution in [0.4, 0.5) is 15.8 Å². The fourth-order valence-corrected chi connectivity index (χ4v) is 3.31. The van der Waals surface area contributed by atoms with Gasteiger partial charge in [-0.25, -0.2) is 12.8 Å². The van der Waals surface area contributed by atoms with Crippen molar-refractivity contribution >= 4 is 33.0 Å². The fraction of sp³-hybridized carbons (Fsp3) is 0.0769. The summed E-state index contributed by atoms with van der Waals surface area (Å²) in [7, 11) is -4.01. The van der Waals surface area contributed by atoms with Gasteiger partial charge in [-0.1, -0.05) is 23.7 Å². The molecule has 0 unspecified atom stereocenters. The molecule has 0 bridgehead atoms. The predicted octanol–water partition coefficient (Wildman–Crippen LogP) is 3.17. The monoisotopic (exact) mass is 314 g/mol. The Bertz CT molecular complexity index is 743. The van der Waals surface area contributed by atoms with Crippen molar-refractivity contribution in [2.75, 3.05) is 10.5 Å². The second kappa shape index (κ2) is 5.30. The Kier molecular flexibility index (Phi) is 3.87. The zero-order valence-corrected chi connectivity index (χ0v) is 12.1. The number of nitrogens with one attached hydrogen (secondary N) is 1. The summed E-state index contributed by atoms with van der Waals surface area (Å²) in [5, 5.41) is 0.253. The third-order valence-corrected chi connectivity index (χ3v) is 4.44. The Balaban J connectivity index is 2.49. The Labute approximate surface area is 121 Å². The number of benzene rings is 2. The Hall–Kier alpha value is -1.79. The molecule has 2 rings (SSSR count). The topological polar surface area (TPSA) is 72.2 Å². The number of para-hydroxylation sites is 1. The molecule has 0 radical (unpaired) electrons. The van der Waals surface area contributed by atoms with Crippen molar-refractivity contribution in [3.63, 3.8) is 0 Å². The lowest BCUT2D eigenvalue weighted by molar-refractivity contribution is 0.596. The number of hydrogen-bond donors (Lipinski definition) is 2. The lowest BCUT2D eigenvalue weighted by Crippen LogP contribution is -2.16. The second-order valence-corrected chi connectivity index (χ2v) is 6.28. The highest BCUT2D eigenvalue weighted by molar-refractivity contribution is 7.92. The summed E-state index contributed by atoms with van der Waals surface area (Å²) in [6.45, 7) is 1.71. The molecule has 3 N–H and O–H groups in total. The summed E-state index contributed by atoms with van der Waals surface area (Å²) >= 11 is 5.96. The van der Waals surface area contributed by atoms with Gasteiger partial charge in [0.2, 0.25) is 0 Å². The van der Waals surface area contributed by atoms with Gasteiger partial charge < -0.3 is 5.73 Å². The van der Waals surface area contributed by atoms with Gasteiger partial charge in [-0.3, -0.25) is 4.72 Å². The van der Waals surface area contributed by atoms with Gasteiger partial charge in [-0.05, 0) is 36.8 Å². The van der Waals surface area contributed by atoms with E-state index in [9.17, 15) is 12.8 Å². The number of nitrogens with two attached hydrogens (primary N) is 1. The average Bonchev–Trinajstić information content (AvgIpc) is 2.37. The van der Waals surface area contributed by atoms with E-state index in [0.29, 0.717) is 5.56 Å². The number of halogens is 2. The van der Waals surface area contributed by atoms with Crippen LogP contribution in [0.15, 0.2) is 41.3 Å². The summed E-state index contributed by atoms with van der Waals surface area (Å²) in [6, 6.07) is 8.12. The molecule has 0 aliphatic carbocycles. The van der Waals surface area contributed by atoms with Crippen LogP contribution in [-0.2, 0) is 10.0 Å². The number of sulfonamides is 1. The predicted molar refractivity (Wildman–Crippen MR) is 77.8 cm³/mol. The highest BCUT2D eigenvalue weighted by Gasteiger charge is 2.20. The van der Waals surface area contributed by atoms with E-state index in [0.717, 1.165) is 12.1 Å². The minimum absolute atomic E-state index is 0.0383. The van der Waals surface area contributed by atoms with Crippen molar-refractivity contribution < 1.29 is 12.8 Å². The van der Waals surface area contributed by atoms with Crippen LogP contribution in [0.5, 0.6) is 0 Å². The van der Waals surface area contributed by atoms with Gasteiger partial charge in [0.05, 0.1) is 16.4 Å². The van der Waals surface area contributed by atoms with E-state index in [2.05, 4.69) is 4.72 Å². The zero-order chi connectivity index (χ0) is 14.9. The third kappa shape index (κ3) is 2.86. The molecule has 7 heteroatoms. The molecule has 0 saturated heterocycles. The van der Waals surface area contributed by atoms with E-state index >= 15 is 0 Å². The van der Waals surface area contributed by atoms with E-state index in [1.165, 1.54) is 6.07 Å². The smallest absolute Gasteiger partial charge is 0.264 e. The number of anilines is 2. The largest absolute Gasteiger partial charge is 0.398 e. The van der Waals surface area contributed by atoms with Gasteiger partial charge in [-0.2, -0.15) is 0 Å². The first-order valence-corrected chi connectivity index (χ1v) is 7.50. The number of hydrogen-bond acceptors (Lipinski definition) is 3. The molecule has 0 atom stereocenters. The quantitative estimate of drug-likeness (QED) is 0.855. The molecule has 2 aromatic rings. The molecule has 0 aromatic heterocycles. The Morgan fingerprint density at radius 3 is 2.60 bits per heavy atom. The highest BCUT2D eigenvalue weighted by atomic mass is 35.5. The lowest BCUT2D eigenvalue weighted by Gasteiger charge is -2.13. The molecule has 0 saturated carbocycles. The van der Waals surface area contributed by atoms with Gasteiger partial charge in [0.1, 0.15) is 10.7 Å². The van der Waals surface area contributed by atoms with Gasteiger partial charge in [0.25, 0.3) is 10.0 Å². The van der Waals surface area contributed by atoms with Crippen molar-refractivity contribution in [1.29, 1.82) is 0 Å². The molecule has 0 heterocycles. The maximum absolute atomic E-state index is 13.2. The Morgan fingerprint density at radius 1 is 1.25 bits per heavy atom. The van der Waals surface area contributed by atoms with Crippen LogP contribution in [0.2, 0.25) is 5.02 Å². The molecule has 2 aromatic carbocycles. The third-order valence-electron chi connectivity index (χ3n) is 2.72. The van der Waals surface area contributed by atoms with Crippen LogP contribution < -0.4 is 10.5 Å². The fourth-order valence-electron chi connectivity index (χ4n) is 1.69. The average molecular weight is 315 g/mol. The van der Waals surface area contributed by atoms with E-state index in [1.54, 1.807) is 25.1 Å². The zero-order valence-electron chi connectivity index (χ0n) is 10.5. The van der Waals surface area contributed by atoms with Crippen LogP contribution in [0.25, 0.3) is 0 Å². The number of aryl methyl sites for hydroxylation is 1. The van der Waals surface area contributed by atoms with Crippen molar-refractivity contribution in [3.8, 4) is 0 Å². The van der Waals surface area contributed by atoms with Gasteiger partial charge >= 0.3 is 0 Å². The molecule has 0 fully saturated rings. The molecule has 4 nitrogen and oxygen atoms in total. The summed E-state index contributed by atoms with van der Waals surface area (Å²) in [5.74, 6) is -0.685. The summed E-state index contributed by atoms with van der Waals surface area (Å²) < 4.78 is 40.1. The molecule has 0 amide bonds. The van der Waals surface area contributed by atoms with Crippen molar-refractivity contribution in [1.82, 2.24) is 0 Å². The summed E-state index contributed by atoms with van der Waals surface area (Å²) in [5.41, 5.74) is 6.45. The van der Waals surface area contributed by atoms with E-state index < -0.39 is 15.8 Å². The van der Waals surface area contributed by atoms with Crippen LogP contribution in [0.3, 0.4) is 0 Å². The van der Waals surface area contributed by atoms with Crippen LogP contribution in [-0.4, -0.2) is 8.42 Å². The molecule has 0 spiro atoms. The lowest BCUT2D eigenvalue weighted by atomic mass is 10.2. The molecule has 106 valence electrons. The highest BCUT2D eigenvalue weighted by Crippen LogP contribution is 2.29. The molecular formula is C13H12ClFN2O2S. The SMILES string of the molecule is Cc1cccc(Cl)c1NS(=O)(=O)c1cc(F)ccc1N. The minimum Gasteiger partial charge on any atom is -0.398 e. The maximum atomic E-state index is 13.2.